The first-order chi connectivity index (χ1) is 9.10. The summed E-state index contributed by atoms with van der Waals surface area (Å²) in [7, 11) is 1.74. The number of aromatic nitrogens is 1. The lowest BCUT2D eigenvalue weighted by Gasteiger charge is -2.07. The van der Waals surface area contributed by atoms with Gasteiger partial charge in [-0.1, -0.05) is 0 Å². The van der Waals surface area contributed by atoms with E-state index in [1.807, 2.05) is 0 Å². The quantitative estimate of drug-likeness (QED) is 0.911. The highest BCUT2D eigenvalue weighted by Gasteiger charge is 2.09. The van der Waals surface area contributed by atoms with E-state index in [1.54, 1.807) is 19.2 Å². The number of carbonyl (C=O) groups excluding carboxylic acids is 1. The van der Waals surface area contributed by atoms with Crippen molar-refractivity contribution in [3.63, 3.8) is 0 Å². The first-order valence-corrected chi connectivity index (χ1v) is 6.29. The lowest BCUT2D eigenvalue weighted by atomic mass is 10.2. The van der Waals surface area contributed by atoms with Gasteiger partial charge in [0.15, 0.2) is 0 Å². The molecule has 0 aliphatic rings. The Morgan fingerprint density at radius 2 is 2.11 bits per heavy atom. The molecule has 1 amide bonds. The molecule has 0 atom stereocenters. The number of nitrogens with one attached hydrogen (secondary N) is 2. The molecule has 6 heteroatoms. The molecule has 0 bridgehead atoms. The predicted molar refractivity (Wildman–Crippen MR) is 75.8 cm³/mol. The zero-order chi connectivity index (χ0) is 13.8. The van der Waals surface area contributed by atoms with E-state index in [-0.39, 0.29) is 5.91 Å². The van der Waals surface area contributed by atoms with Crippen molar-refractivity contribution < 1.29 is 9.18 Å². The summed E-state index contributed by atoms with van der Waals surface area (Å²) in [5, 5.41) is 5.48. The summed E-state index contributed by atoms with van der Waals surface area (Å²) < 4.78 is 13.7. The second kappa shape index (κ2) is 5.79. The van der Waals surface area contributed by atoms with Crippen LogP contribution in [0.15, 0.2) is 41.0 Å². The van der Waals surface area contributed by atoms with Gasteiger partial charge >= 0.3 is 0 Å². The van der Waals surface area contributed by atoms with Gasteiger partial charge in [0.2, 0.25) is 0 Å². The third kappa shape index (κ3) is 3.29. The van der Waals surface area contributed by atoms with Gasteiger partial charge in [0.1, 0.15) is 11.6 Å². The van der Waals surface area contributed by atoms with Crippen molar-refractivity contribution in [1.29, 1.82) is 0 Å². The standard InChI is InChI=1S/C13H11BrFN3O/c1-16-12-5-2-8(7-17-12)13(19)18-11-6-9(15)3-4-10(11)14/h2-7H,1H3,(H,16,17)(H,18,19). The zero-order valence-electron chi connectivity index (χ0n) is 10.1. The maximum Gasteiger partial charge on any atom is 0.257 e. The number of hydrogen-bond acceptors (Lipinski definition) is 3. The van der Waals surface area contributed by atoms with Crippen molar-refractivity contribution >= 4 is 33.3 Å². The number of hydrogen-bond donors (Lipinski definition) is 2. The molecule has 19 heavy (non-hydrogen) atoms. The summed E-state index contributed by atoms with van der Waals surface area (Å²) in [4.78, 5) is 16.0. The summed E-state index contributed by atoms with van der Waals surface area (Å²) in [5.41, 5.74) is 0.776. The molecule has 0 saturated heterocycles. The average molecular weight is 324 g/mol. The topological polar surface area (TPSA) is 54.0 Å². The normalized spacial score (nSPS) is 10.1. The predicted octanol–water partition coefficient (Wildman–Crippen LogP) is 3.28. The second-order valence-corrected chi connectivity index (χ2v) is 4.61. The summed E-state index contributed by atoms with van der Waals surface area (Å²) >= 11 is 3.25. The monoisotopic (exact) mass is 323 g/mol. The molecule has 0 radical (unpaired) electrons. The molecule has 1 aromatic carbocycles. The molecular weight excluding hydrogens is 313 g/mol. The molecule has 0 spiro atoms. The van der Waals surface area contributed by atoms with E-state index in [4.69, 9.17) is 0 Å². The van der Waals surface area contributed by atoms with Crippen molar-refractivity contribution in [2.24, 2.45) is 0 Å². The molecule has 4 nitrogen and oxygen atoms in total. The van der Waals surface area contributed by atoms with E-state index in [1.165, 1.54) is 24.4 Å². The van der Waals surface area contributed by atoms with Crippen LogP contribution < -0.4 is 10.6 Å². The van der Waals surface area contributed by atoms with E-state index < -0.39 is 5.82 Å². The fraction of sp³-hybridized carbons (Fsp3) is 0.0769. The SMILES string of the molecule is CNc1ccc(C(=O)Nc2cc(F)ccc2Br)cn1. The number of amides is 1. The van der Waals surface area contributed by atoms with E-state index >= 15 is 0 Å². The Morgan fingerprint density at radius 1 is 1.32 bits per heavy atom. The average Bonchev–Trinajstić information content (AvgIpc) is 2.43. The second-order valence-electron chi connectivity index (χ2n) is 3.76. The number of carbonyl (C=O) groups is 1. The van der Waals surface area contributed by atoms with Gasteiger partial charge in [-0.3, -0.25) is 4.79 Å². The summed E-state index contributed by atoms with van der Waals surface area (Å²) in [6.45, 7) is 0. The number of rotatable bonds is 3. The Kier molecular flexibility index (Phi) is 4.11. The van der Waals surface area contributed by atoms with E-state index in [2.05, 4.69) is 31.5 Å². The van der Waals surface area contributed by atoms with Crippen molar-refractivity contribution in [3.05, 3.63) is 52.4 Å². The molecule has 98 valence electrons. The lowest BCUT2D eigenvalue weighted by molar-refractivity contribution is 0.102. The number of halogens is 2. The minimum absolute atomic E-state index is 0.346. The Hall–Kier alpha value is -1.95. The van der Waals surface area contributed by atoms with E-state index in [0.717, 1.165) is 0 Å². The molecular formula is C13H11BrFN3O. The van der Waals surface area contributed by atoms with Crippen molar-refractivity contribution in [2.45, 2.75) is 0 Å². The first-order valence-electron chi connectivity index (χ1n) is 5.50. The highest BCUT2D eigenvalue weighted by molar-refractivity contribution is 9.10. The smallest absolute Gasteiger partial charge is 0.257 e. The Balaban J connectivity index is 2.18. The molecule has 2 rings (SSSR count). The maximum atomic E-state index is 13.1. The van der Waals surface area contributed by atoms with Gasteiger partial charge in [-0.2, -0.15) is 0 Å². The summed E-state index contributed by atoms with van der Waals surface area (Å²) in [5.74, 6) is -0.0907. The maximum absolute atomic E-state index is 13.1. The fourth-order valence-corrected chi connectivity index (χ4v) is 1.81. The van der Waals surface area contributed by atoms with E-state index in [0.29, 0.717) is 21.5 Å². The number of nitrogens with zero attached hydrogens (tertiary/aromatic N) is 1. The van der Waals surface area contributed by atoms with Crippen LogP contribution in [-0.4, -0.2) is 17.9 Å². The van der Waals surface area contributed by atoms with Crippen LogP contribution in [0.1, 0.15) is 10.4 Å². The van der Waals surface area contributed by atoms with Crippen molar-refractivity contribution in [3.8, 4) is 0 Å². The minimum atomic E-state index is -0.415. The molecule has 1 aromatic heterocycles. The molecule has 2 N–H and O–H groups in total. The van der Waals surface area contributed by atoms with Crippen LogP contribution in [0, 0.1) is 5.82 Å². The van der Waals surface area contributed by atoms with Gasteiger partial charge in [0.25, 0.3) is 5.91 Å². The Morgan fingerprint density at radius 3 is 2.74 bits per heavy atom. The third-order valence-electron chi connectivity index (χ3n) is 2.46. The van der Waals surface area contributed by atoms with Gasteiger partial charge in [-0.05, 0) is 46.3 Å². The van der Waals surface area contributed by atoms with Crippen LogP contribution in [0.2, 0.25) is 0 Å². The van der Waals surface area contributed by atoms with Crippen LogP contribution in [0.25, 0.3) is 0 Å². The zero-order valence-corrected chi connectivity index (χ0v) is 11.7. The summed E-state index contributed by atoms with van der Waals surface area (Å²) in [6.07, 6.45) is 1.45. The van der Waals surface area contributed by atoms with Crippen LogP contribution in [0.4, 0.5) is 15.9 Å². The van der Waals surface area contributed by atoms with Gasteiger partial charge in [0, 0.05) is 17.7 Å². The van der Waals surface area contributed by atoms with Crippen LogP contribution in [0.5, 0.6) is 0 Å². The molecule has 0 saturated carbocycles. The highest BCUT2D eigenvalue weighted by Crippen LogP contribution is 2.23. The molecule has 2 aromatic rings. The van der Waals surface area contributed by atoms with Crippen molar-refractivity contribution in [1.82, 2.24) is 4.98 Å². The van der Waals surface area contributed by atoms with Gasteiger partial charge < -0.3 is 10.6 Å². The molecule has 0 aliphatic carbocycles. The van der Waals surface area contributed by atoms with Gasteiger partial charge in [-0.15, -0.1) is 0 Å². The van der Waals surface area contributed by atoms with E-state index in [9.17, 15) is 9.18 Å². The van der Waals surface area contributed by atoms with Gasteiger partial charge in [0.05, 0.1) is 11.3 Å². The molecule has 1 heterocycles. The number of benzene rings is 1. The Bertz CT molecular complexity index is 601. The van der Waals surface area contributed by atoms with Gasteiger partial charge in [-0.25, -0.2) is 9.37 Å². The first kappa shape index (κ1) is 13.5. The Labute approximate surface area is 118 Å². The molecule has 0 unspecified atom stereocenters. The van der Waals surface area contributed by atoms with Crippen molar-refractivity contribution in [2.75, 3.05) is 17.7 Å². The van der Waals surface area contributed by atoms with Crippen LogP contribution in [-0.2, 0) is 0 Å². The lowest BCUT2D eigenvalue weighted by Crippen LogP contribution is -2.13. The minimum Gasteiger partial charge on any atom is -0.373 e. The fourth-order valence-electron chi connectivity index (χ4n) is 1.46. The number of anilines is 2. The number of pyridine rings is 1. The van der Waals surface area contributed by atoms with Crippen LogP contribution >= 0.6 is 15.9 Å². The largest absolute Gasteiger partial charge is 0.373 e. The molecule has 0 fully saturated rings. The molecule has 0 aliphatic heterocycles. The van der Waals surface area contributed by atoms with Crippen LogP contribution in [0.3, 0.4) is 0 Å². The third-order valence-corrected chi connectivity index (χ3v) is 3.15. The highest BCUT2D eigenvalue weighted by atomic mass is 79.9. The summed E-state index contributed by atoms with van der Waals surface area (Å²) in [6, 6.07) is 7.42.